The molecule has 0 aromatic heterocycles. The van der Waals surface area contributed by atoms with Gasteiger partial charge in [0, 0.05) is 0 Å². The number of nitrogens with zero attached hydrogens (tertiary/aromatic N) is 1. The van der Waals surface area contributed by atoms with E-state index in [1.807, 2.05) is 6.08 Å². The summed E-state index contributed by atoms with van der Waals surface area (Å²) in [7, 11) is -2.36. The number of rotatable bonds is 3. The summed E-state index contributed by atoms with van der Waals surface area (Å²) in [6.07, 6.45) is 6.92. The number of cyclic esters (lactones) is 1. The van der Waals surface area contributed by atoms with Crippen LogP contribution in [0, 0.1) is 0 Å². The zero-order chi connectivity index (χ0) is 13.1. The Labute approximate surface area is 107 Å². The Kier molecular flexibility index (Phi) is 3.66. The van der Waals surface area contributed by atoms with Gasteiger partial charge in [0.1, 0.15) is 6.61 Å². The lowest BCUT2D eigenvalue weighted by molar-refractivity contribution is 0.158. The second-order valence-corrected chi connectivity index (χ2v) is 4.90. The summed E-state index contributed by atoms with van der Waals surface area (Å²) in [5, 5.41) is 0. The third-order valence-corrected chi connectivity index (χ3v) is 3.56. The first-order valence-corrected chi connectivity index (χ1v) is 6.60. The van der Waals surface area contributed by atoms with Gasteiger partial charge in [-0.1, -0.05) is 18.2 Å². The van der Waals surface area contributed by atoms with Gasteiger partial charge in [0.25, 0.3) is 0 Å². The summed E-state index contributed by atoms with van der Waals surface area (Å²) in [5.41, 5.74) is 0.855. The van der Waals surface area contributed by atoms with Crippen LogP contribution in [0.15, 0.2) is 36.5 Å². The van der Waals surface area contributed by atoms with Crippen LogP contribution in [0.1, 0.15) is 6.42 Å². The summed E-state index contributed by atoms with van der Waals surface area (Å²) >= 11 is 0. The fourth-order valence-electron chi connectivity index (χ4n) is 1.98. The minimum absolute atomic E-state index is 0.188. The number of amides is 1. The molecule has 0 N–H and O–H groups in total. The van der Waals surface area contributed by atoms with Crippen molar-refractivity contribution in [3.8, 4) is 0 Å². The molecule has 0 aromatic carbocycles. The molecule has 1 atom stereocenters. The monoisotopic (exact) mass is 267 g/mol. The van der Waals surface area contributed by atoms with Gasteiger partial charge in [0.2, 0.25) is 10.3 Å². The van der Waals surface area contributed by atoms with E-state index in [0.29, 0.717) is 19.6 Å². The average molecular weight is 267 g/mol. The number of allylic oxidation sites excluding steroid dienone is 3. The molecule has 0 aromatic rings. The highest BCUT2D eigenvalue weighted by atomic mass is 32.2. The van der Waals surface area contributed by atoms with Crippen LogP contribution in [0.4, 0.5) is 4.79 Å². The van der Waals surface area contributed by atoms with Crippen LogP contribution in [-0.4, -0.2) is 43.5 Å². The van der Waals surface area contributed by atoms with Crippen LogP contribution in [0.2, 0.25) is 0 Å². The lowest BCUT2D eigenvalue weighted by atomic mass is 10.00. The first-order chi connectivity index (χ1) is 8.63. The van der Waals surface area contributed by atoms with Crippen LogP contribution >= 0.6 is 0 Å². The molecule has 0 spiro atoms. The lowest BCUT2D eigenvalue weighted by Gasteiger charge is -2.24. The highest BCUT2D eigenvalue weighted by Gasteiger charge is 2.32. The van der Waals surface area contributed by atoms with Crippen molar-refractivity contribution in [2.45, 2.75) is 12.5 Å². The topological polar surface area (TPSA) is 63.7 Å². The molecule has 1 aliphatic heterocycles. The SMILES string of the molecule is C=CCC1=CC(=S(=O)=O)C(N2CCOC2=O)C=C1. The maximum Gasteiger partial charge on any atom is 0.410 e. The van der Waals surface area contributed by atoms with Crippen LogP contribution in [0.3, 0.4) is 0 Å². The number of carbonyl (C=O) groups is 1. The molecule has 0 saturated carbocycles. The first-order valence-electron chi connectivity index (χ1n) is 5.52. The van der Waals surface area contributed by atoms with Gasteiger partial charge < -0.3 is 4.74 Å². The molecule has 0 radical (unpaired) electrons. The zero-order valence-electron chi connectivity index (χ0n) is 9.70. The predicted octanol–water partition coefficient (Wildman–Crippen LogP) is 0.931. The maximum absolute atomic E-state index is 11.5. The van der Waals surface area contributed by atoms with Crippen molar-refractivity contribution in [3.63, 3.8) is 0 Å². The molecule has 18 heavy (non-hydrogen) atoms. The Balaban J connectivity index is 2.34. The molecule has 96 valence electrons. The second-order valence-electron chi connectivity index (χ2n) is 3.96. The molecule has 1 saturated heterocycles. The molecular formula is C12H13NO4S. The smallest absolute Gasteiger partial charge is 0.410 e. The van der Waals surface area contributed by atoms with Crippen molar-refractivity contribution in [2.24, 2.45) is 0 Å². The molecule has 1 aliphatic carbocycles. The quantitative estimate of drug-likeness (QED) is 0.563. The maximum atomic E-state index is 11.5. The molecule has 0 bridgehead atoms. The fourth-order valence-corrected chi connectivity index (χ4v) is 2.63. The Morgan fingerprint density at radius 1 is 1.56 bits per heavy atom. The van der Waals surface area contributed by atoms with Crippen molar-refractivity contribution in [3.05, 3.63) is 36.5 Å². The summed E-state index contributed by atoms with van der Waals surface area (Å²) in [4.78, 5) is 13.1. The van der Waals surface area contributed by atoms with Crippen molar-refractivity contribution in [1.82, 2.24) is 4.90 Å². The van der Waals surface area contributed by atoms with E-state index in [9.17, 15) is 13.2 Å². The van der Waals surface area contributed by atoms with Gasteiger partial charge in [-0.2, -0.15) is 8.42 Å². The van der Waals surface area contributed by atoms with E-state index in [0.717, 1.165) is 5.57 Å². The Hall–Kier alpha value is -1.82. The number of carbonyl (C=O) groups excluding carboxylic acids is 1. The molecule has 6 heteroatoms. The van der Waals surface area contributed by atoms with Crippen LogP contribution in [-0.2, 0) is 15.0 Å². The number of hydrogen-bond acceptors (Lipinski definition) is 4. The second kappa shape index (κ2) is 5.22. The highest BCUT2D eigenvalue weighted by Crippen LogP contribution is 2.19. The molecule has 2 aliphatic rings. The molecule has 1 heterocycles. The Bertz CT molecular complexity index is 563. The van der Waals surface area contributed by atoms with E-state index >= 15 is 0 Å². The minimum atomic E-state index is -2.36. The van der Waals surface area contributed by atoms with Gasteiger partial charge >= 0.3 is 6.09 Å². The molecule has 1 unspecified atom stereocenters. The third-order valence-electron chi connectivity index (χ3n) is 2.81. The first kappa shape index (κ1) is 12.6. The van der Waals surface area contributed by atoms with E-state index in [1.165, 1.54) is 4.90 Å². The van der Waals surface area contributed by atoms with Gasteiger partial charge in [-0.15, -0.1) is 6.58 Å². The standard InChI is InChI=1S/C12H13NO4S/c1-2-3-9-4-5-10(11(8-9)18(15)16)13-6-7-17-12(13)14/h2,4-5,8,10H,1,3,6-7H2. The summed E-state index contributed by atoms with van der Waals surface area (Å²) in [5.74, 6) is 0. The fraction of sp³-hybridized carbons (Fsp3) is 0.333. The van der Waals surface area contributed by atoms with Gasteiger partial charge in [0.05, 0.1) is 17.5 Å². The van der Waals surface area contributed by atoms with Crippen molar-refractivity contribution in [2.75, 3.05) is 13.2 Å². The predicted molar refractivity (Wildman–Crippen MR) is 67.8 cm³/mol. The minimum Gasteiger partial charge on any atom is -0.448 e. The van der Waals surface area contributed by atoms with E-state index in [4.69, 9.17) is 4.74 Å². The van der Waals surface area contributed by atoms with E-state index in [1.54, 1.807) is 18.2 Å². The van der Waals surface area contributed by atoms with Gasteiger partial charge in [-0.3, -0.25) is 4.90 Å². The normalized spacial score (nSPS) is 22.8. The number of hydrogen-bond donors (Lipinski definition) is 0. The molecule has 2 rings (SSSR count). The molecule has 1 fully saturated rings. The van der Waals surface area contributed by atoms with Gasteiger partial charge in [0.15, 0.2) is 0 Å². The van der Waals surface area contributed by atoms with E-state index in [2.05, 4.69) is 6.58 Å². The van der Waals surface area contributed by atoms with Crippen molar-refractivity contribution in [1.29, 1.82) is 0 Å². The third kappa shape index (κ3) is 2.38. The van der Waals surface area contributed by atoms with Crippen molar-refractivity contribution >= 4 is 21.3 Å². The largest absolute Gasteiger partial charge is 0.448 e. The lowest BCUT2D eigenvalue weighted by Crippen LogP contribution is -2.41. The van der Waals surface area contributed by atoms with E-state index in [-0.39, 0.29) is 4.86 Å². The number of ether oxygens (including phenoxy) is 1. The van der Waals surface area contributed by atoms with Crippen molar-refractivity contribution < 1.29 is 17.9 Å². The van der Waals surface area contributed by atoms with Crippen LogP contribution in [0.25, 0.3) is 0 Å². The summed E-state index contributed by atoms with van der Waals surface area (Å²) in [6.45, 7) is 4.31. The molecular weight excluding hydrogens is 254 g/mol. The Morgan fingerprint density at radius 2 is 2.33 bits per heavy atom. The summed E-state index contributed by atoms with van der Waals surface area (Å²) < 4.78 is 27.3. The molecule has 1 amide bonds. The highest BCUT2D eigenvalue weighted by molar-refractivity contribution is 7.73. The Morgan fingerprint density at radius 3 is 2.89 bits per heavy atom. The van der Waals surface area contributed by atoms with E-state index < -0.39 is 22.4 Å². The zero-order valence-corrected chi connectivity index (χ0v) is 10.5. The van der Waals surface area contributed by atoms with Crippen LogP contribution < -0.4 is 0 Å². The van der Waals surface area contributed by atoms with Gasteiger partial charge in [-0.25, -0.2) is 4.79 Å². The summed E-state index contributed by atoms with van der Waals surface area (Å²) in [6, 6.07) is -0.563. The van der Waals surface area contributed by atoms with Crippen LogP contribution in [0.5, 0.6) is 0 Å². The average Bonchev–Trinajstić information content (AvgIpc) is 2.76. The molecule has 5 nitrogen and oxygen atoms in total. The van der Waals surface area contributed by atoms with Gasteiger partial charge in [-0.05, 0) is 18.1 Å².